The van der Waals surface area contributed by atoms with Crippen molar-refractivity contribution < 1.29 is 13.9 Å². The second kappa shape index (κ2) is 9.93. The van der Waals surface area contributed by atoms with Crippen molar-refractivity contribution >= 4 is 17.4 Å². The van der Waals surface area contributed by atoms with Crippen LogP contribution in [0.25, 0.3) is 0 Å². The van der Waals surface area contributed by atoms with Gasteiger partial charge < -0.3 is 15.8 Å². The van der Waals surface area contributed by atoms with Crippen LogP contribution in [0.15, 0.2) is 47.3 Å². The van der Waals surface area contributed by atoms with Crippen molar-refractivity contribution in [2.24, 2.45) is 12.8 Å². The third-order valence-electron chi connectivity index (χ3n) is 4.80. The third-order valence-corrected chi connectivity index (χ3v) is 4.80. The van der Waals surface area contributed by atoms with Gasteiger partial charge >= 0.3 is 0 Å². The van der Waals surface area contributed by atoms with Gasteiger partial charge in [0.25, 0.3) is 11.5 Å². The lowest BCUT2D eigenvalue weighted by Crippen LogP contribution is -2.25. The van der Waals surface area contributed by atoms with Crippen LogP contribution in [0.4, 0.5) is 15.9 Å². The molecule has 3 N–H and O–H groups in total. The minimum atomic E-state index is -0.809. The Bertz CT molecular complexity index is 1170. The van der Waals surface area contributed by atoms with E-state index in [1.54, 1.807) is 19.1 Å². The van der Waals surface area contributed by atoms with Gasteiger partial charge in [0.2, 0.25) is 0 Å². The van der Waals surface area contributed by atoms with Crippen molar-refractivity contribution in [3.63, 3.8) is 0 Å². The van der Waals surface area contributed by atoms with Crippen LogP contribution in [0.5, 0.6) is 11.5 Å². The number of primary amides is 1. The maximum Gasteiger partial charge on any atom is 0.256 e. The van der Waals surface area contributed by atoms with Crippen LogP contribution >= 0.6 is 0 Å². The molecule has 0 radical (unpaired) electrons. The molecule has 0 aliphatic carbocycles. The van der Waals surface area contributed by atoms with Gasteiger partial charge in [-0.25, -0.2) is 4.39 Å². The van der Waals surface area contributed by atoms with E-state index in [0.29, 0.717) is 5.75 Å². The molecule has 6 nitrogen and oxygen atoms in total. The Labute approximate surface area is 181 Å². The quantitative estimate of drug-likeness (QED) is 0.595. The first-order valence-electron chi connectivity index (χ1n) is 10.00. The van der Waals surface area contributed by atoms with Gasteiger partial charge in [0.05, 0.1) is 5.69 Å². The number of nitrogens with two attached hydrogens (primary N) is 1. The molecule has 164 valence electrons. The Hall–Kier alpha value is -3.61. The predicted octanol–water partition coefficient (Wildman–Crippen LogP) is 5.11. The molecule has 3 aromatic rings. The molecule has 31 heavy (non-hydrogen) atoms. The molecule has 0 saturated heterocycles. The topological polar surface area (TPSA) is 86.3 Å². The number of rotatable bonds is 5. The number of amides is 1. The standard InChI is InChI=1S/C22H22FN3O3.C2H6/c1-12-8-9-16(15(23)10-12)25-22-20(21(24)28)18(11-19(27)26(22)4)29-17-7-5-6-13(2)14(17)3;1-2/h5-11,25H,1-4H3,(H2,24,28);1-2H3. The molecule has 0 aliphatic rings. The van der Waals surface area contributed by atoms with E-state index in [1.165, 1.54) is 29.8 Å². The van der Waals surface area contributed by atoms with E-state index >= 15 is 0 Å². The highest BCUT2D eigenvalue weighted by atomic mass is 19.1. The number of hydrogen-bond donors (Lipinski definition) is 2. The summed E-state index contributed by atoms with van der Waals surface area (Å²) in [5.74, 6) is -0.782. The van der Waals surface area contributed by atoms with Gasteiger partial charge in [0.15, 0.2) is 0 Å². The summed E-state index contributed by atoms with van der Waals surface area (Å²) in [6.45, 7) is 9.56. The zero-order valence-electron chi connectivity index (χ0n) is 18.7. The predicted molar refractivity (Wildman–Crippen MR) is 122 cm³/mol. The summed E-state index contributed by atoms with van der Waals surface area (Å²) in [6.07, 6.45) is 0. The Morgan fingerprint density at radius 1 is 1.06 bits per heavy atom. The summed E-state index contributed by atoms with van der Waals surface area (Å²) < 4.78 is 21.4. The molecule has 1 heterocycles. The number of aryl methyl sites for hydroxylation is 2. The first-order valence-corrected chi connectivity index (χ1v) is 10.00. The Morgan fingerprint density at radius 2 is 1.74 bits per heavy atom. The summed E-state index contributed by atoms with van der Waals surface area (Å²) in [5, 5.41) is 2.82. The molecule has 2 aromatic carbocycles. The van der Waals surface area contributed by atoms with E-state index in [4.69, 9.17) is 10.5 Å². The van der Waals surface area contributed by atoms with Crippen LogP contribution in [-0.4, -0.2) is 10.5 Å². The molecule has 0 spiro atoms. The maximum atomic E-state index is 14.3. The van der Waals surface area contributed by atoms with Gasteiger partial charge in [-0.1, -0.05) is 32.0 Å². The number of halogens is 1. The van der Waals surface area contributed by atoms with Crippen molar-refractivity contribution in [1.29, 1.82) is 0 Å². The number of pyridine rings is 1. The molecular weight excluding hydrogens is 397 g/mol. The fourth-order valence-electron chi connectivity index (χ4n) is 2.94. The summed E-state index contributed by atoms with van der Waals surface area (Å²) in [5.41, 5.74) is 7.82. The number of anilines is 2. The van der Waals surface area contributed by atoms with Crippen LogP contribution in [0.1, 0.15) is 40.9 Å². The van der Waals surface area contributed by atoms with Crippen molar-refractivity contribution in [2.75, 3.05) is 5.32 Å². The molecule has 0 bridgehead atoms. The molecule has 1 amide bonds. The van der Waals surface area contributed by atoms with E-state index in [2.05, 4.69) is 5.32 Å². The molecule has 0 fully saturated rings. The zero-order valence-corrected chi connectivity index (χ0v) is 18.7. The Balaban J connectivity index is 0.00000166. The first kappa shape index (κ1) is 23.7. The average molecular weight is 426 g/mol. The molecule has 0 aliphatic heterocycles. The van der Waals surface area contributed by atoms with Crippen molar-refractivity contribution in [3.8, 4) is 11.5 Å². The van der Waals surface area contributed by atoms with Gasteiger partial charge in [-0.2, -0.15) is 0 Å². The summed E-state index contributed by atoms with van der Waals surface area (Å²) >= 11 is 0. The minimum absolute atomic E-state index is 0.00400. The molecule has 0 atom stereocenters. The fraction of sp³-hybridized carbons (Fsp3) is 0.250. The second-order valence-corrected chi connectivity index (χ2v) is 6.90. The van der Waals surface area contributed by atoms with E-state index < -0.39 is 17.3 Å². The number of hydrogen-bond acceptors (Lipinski definition) is 4. The van der Waals surface area contributed by atoms with E-state index in [1.807, 2.05) is 39.8 Å². The van der Waals surface area contributed by atoms with Crippen LogP contribution in [-0.2, 0) is 7.05 Å². The van der Waals surface area contributed by atoms with Crippen LogP contribution in [0.3, 0.4) is 0 Å². The lowest BCUT2D eigenvalue weighted by Gasteiger charge is -2.19. The highest BCUT2D eigenvalue weighted by Gasteiger charge is 2.22. The number of ether oxygens (including phenoxy) is 1. The smallest absolute Gasteiger partial charge is 0.256 e. The molecule has 0 unspecified atom stereocenters. The number of nitrogens with zero attached hydrogens (tertiary/aromatic N) is 1. The van der Waals surface area contributed by atoms with Gasteiger partial charge in [-0.15, -0.1) is 0 Å². The summed E-state index contributed by atoms with van der Waals surface area (Å²) in [6, 6.07) is 11.2. The van der Waals surface area contributed by atoms with Crippen LogP contribution in [0.2, 0.25) is 0 Å². The van der Waals surface area contributed by atoms with E-state index in [0.717, 1.165) is 16.7 Å². The highest BCUT2D eigenvalue weighted by molar-refractivity contribution is 6.01. The van der Waals surface area contributed by atoms with Gasteiger partial charge in [0, 0.05) is 13.1 Å². The largest absolute Gasteiger partial charge is 0.456 e. The SMILES string of the molecule is CC.Cc1ccc(Nc2c(C(N)=O)c(Oc3cccc(C)c3C)cc(=O)n2C)c(F)c1. The van der Waals surface area contributed by atoms with Gasteiger partial charge in [-0.3, -0.25) is 14.2 Å². The summed E-state index contributed by atoms with van der Waals surface area (Å²) in [7, 11) is 1.46. The molecule has 1 aromatic heterocycles. The lowest BCUT2D eigenvalue weighted by atomic mass is 10.1. The maximum absolute atomic E-state index is 14.3. The molecule has 0 saturated carbocycles. The number of carbonyl (C=O) groups is 1. The fourth-order valence-corrected chi connectivity index (χ4v) is 2.94. The van der Waals surface area contributed by atoms with Crippen molar-refractivity contribution in [1.82, 2.24) is 4.57 Å². The lowest BCUT2D eigenvalue weighted by molar-refractivity contribution is 0.0998. The Kier molecular flexibility index (Phi) is 7.58. The zero-order chi connectivity index (χ0) is 23.3. The molecule has 3 rings (SSSR count). The van der Waals surface area contributed by atoms with Gasteiger partial charge in [0.1, 0.15) is 28.7 Å². The van der Waals surface area contributed by atoms with E-state index in [-0.39, 0.29) is 22.8 Å². The second-order valence-electron chi connectivity index (χ2n) is 6.90. The van der Waals surface area contributed by atoms with Gasteiger partial charge in [-0.05, 0) is 55.7 Å². The van der Waals surface area contributed by atoms with Crippen LogP contribution in [0, 0.1) is 26.6 Å². The van der Waals surface area contributed by atoms with Crippen molar-refractivity contribution in [3.05, 3.63) is 80.9 Å². The Morgan fingerprint density at radius 3 is 2.35 bits per heavy atom. The number of nitrogens with one attached hydrogen (secondary N) is 1. The molecule has 7 heteroatoms. The normalized spacial score (nSPS) is 10.2. The van der Waals surface area contributed by atoms with E-state index in [9.17, 15) is 14.0 Å². The summed E-state index contributed by atoms with van der Waals surface area (Å²) in [4.78, 5) is 24.8. The third kappa shape index (κ3) is 5.12. The highest BCUT2D eigenvalue weighted by Crippen LogP contribution is 2.33. The monoisotopic (exact) mass is 425 g/mol. The minimum Gasteiger partial charge on any atom is -0.456 e. The van der Waals surface area contributed by atoms with Crippen molar-refractivity contribution in [2.45, 2.75) is 34.6 Å². The number of benzene rings is 2. The first-order chi connectivity index (χ1) is 14.7. The van der Waals surface area contributed by atoms with Crippen LogP contribution < -0.4 is 21.3 Å². The average Bonchev–Trinajstić information content (AvgIpc) is 2.72. The number of aromatic nitrogens is 1. The molecular formula is C24H28FN3O3. The number of carbonyl (C=O) groups excluding carboxylic acids is 1.